The van der Waals surface area contributed by atoms with Gasteiger partial charge in [0, 0.05) is 19.3 Å². The Morgan fingerprint density at radius 3 is 2.29 bits per heavy atom. The zero-order chi connectivity index (χ0) is 11.0. The summed E-state index contributed by atoms with van der Waals surface area (Å²) in [7, 11) is 6.13. The van der Waals surface area contributed by atoms with Crippen LogP contribution in [-0.2, 0) is 0 Å². The minimum atomic E-state index is 0.987. The van der Waals surface area contributed by atoms with Gasteiger partial charge in [-0.1, -0.05) is 0 Å². The summed E-state index contributed by atoms with van der Waals surface area (Å²) in [5, 5.41) is 6.02. The number of hydrogen-bond donors (Lipinski definition) is 1. The van der Waals surface area contributed by atoms with Crippen LogP contribution < -0.4 is 5.43 Å². The van der Waals surface area contributed by atoms with E-state index in [2.05, 4.69) is 29.5 Å². The van der Waals surface area contributed by atoms with Crippen molar-refractivity contribution >= 4 is 5.71 Å². The lowest BCUT2D eigenvalue weighted by Gasteiger charge is -2.15. The molecule has 0 aliphatic rings. The first-order valence-electron chi connectivity index (χ1n) is 5.16. The number of hydrazone groups is 1. The van der Waals surface area contributed by atoms with E-state index in [0.717, 1.165) is 18.8 Å². The molecular weight excluding hydrogens is 176 g/mol. The molecule has 0 unspecified atom stereocenters. The first-order chi connectivity index (χ1) is 6.52. The fourth-order valence-electron chi connectivity index (χ4n) is 1.13. The lowest BCUT2D eigenvalue weighted by atomic mass is 10.3. The number of rotatable bonds is 7. The Morgan fingerprint density at radius 2 is 1.79 bits per heavy atom. The van der Waals surface area contributed by atoms with Crippen molar-refractivity contribution in [1.82, 2.24) is 15.4 Å². The lowest BCUT2D eigenvalue weighted by molar-refractivity contribution is 0.242. The summed E-state index contributed by atoms with van der Waals surface area (Å²) in [6, 6.07) is 0. The van der Waals surface area contributed by atoms with E-state index in [-0.39, 0.29) is 0 Å². The Morgan fingerprint density at radius 1 is 1.14 bits per heavy atom. The molecule has 0 aromatic rings. The summed E-state index contributed by atoms with van der Waals surface area (Å²) in [5.74, 6) is 0. The number of hydrazine groups is 1. The van der Waals surface area contributed by atoms with Gasteiger partial charge in [0.1, 0.15) is 0 Å². The molecule has 0 bridgehead atoms. The average molecular weight is 200 g/mol. The van der Waals surface area contributed by atoms with Gasteiger partial charge < -0.3 is 4.90 Å². The topological polar surface area (TPSA) is 30.9 Å². The molecule has 0 rings (SSSR count). The van der Waals surface area contributed by atoms with Gasteiger partial charge in [-0.15, -0.1) is 0 Å². The largest absolute Gasteiger partial charge is 0.309 e. The third-order valence-electron chi connectivity index (χ3n) is 1.72. The van der Waals surface area contributed by atoms with Crippen molar-refractivity contribution in [1.29, 1.82) is 0 Å². The first kappa shape index (κ1) is 13.4. The summed E-state index contributed by atoms with van der Waals surface area (Å²) >= 11 is 0. The Bertz CT molecular complexity index is 162. The van der Waals surface area contributed by atoms with Crippen molar-refractivity contribution in [2.75, 3.05) is 34.2 Å². The molecule has 0 amide bonds. The second-order valence-electron chi connectivity index (χ2n) is 3.99. The quantitative estimate of drug-likeness (QED) is 0.380. The highest BCUT2D eigenvalue weighted by Gasteiger charge is 1.93. The number of hydrogen-bond acceptors (Lipinski definition) is 4. The Labute approximate surface area is 87.9 Å². The monoisotopic (exact) mass is 200 g/mol. The van der Waals surface area contributed by atoms with E-state index in [0.29, 0.717) is 0 Å². The zero-order valence-corrected chi connectivity index (χ0v) is 10.2. The third-order valence-corrected chi connectivity index (χ3v) is 1.72. The normalized spacial score (nSPS) is 10.4. The highest BCUT2D eigenvalue weighted by molar-refractivity contribution is 5.78. The number of unbranched alkanes of at least 4 members (excludes halogenated alkanes) is 1. The van der Waals surface area contributed by atoms with E-state index < -0.39 is 0 Å². The van der Waals surface area contributed by atoms with Gasteiger partial charge in [-0.05, 0) is 47.3 Å². The predicted molar refractivity (Wildman–Crippen MR) is 62.3 cm³/mol. The van der Waals surface area contributed by atoms with Crippen LogP contribution in [0.1, 0.15) is 26.7 Å². The molecule has 0 aromatic carbocycles. The summed E-state index contributed by atoms with van der Waals surface area (Å²) in [5.41, 5.74) is 4.28. The van der Waals surface area contributed by atoms with Crippen LogP contribution in [0.2, 0.25) is 0 Å². The van der Waals surface area contributed by atoms with E-state index in [1.807, 2.05) is 20.9 Å². The molecule has 0 aliphatic carbocycles. The van der Waals surface area contributed by atoms with E-state index in [1.54, 1.807) is 5.12 Å². The van der Waals surface area contributed by atoms with E-state index in [1.165, 1.54) is 12.8 Å². The minimum Gasteiger partial charge on any atom is -0.309 e. The average Bonchev–Trinajstić information content (AvgIpc) is 2.01. The molecule has 1 N–H and O–H groups in total. The lowest BCUT2D eigenvalue weighted by Crippen LogP contribution is -2.31. The van der Waals surface area contributed by atoms with Gasteiger partial charge in [-0.3, -0.25) is 0 Å². The van der Waals surface area contributed by atoms with E-state index >= 15 is 0 Å². The second kappa shape index (κ2) is 7.76. The maximum atomic E-state index is 4.24. The molecule has 4 heteroatoms. The fraction of sp³-hybridized carbons (Fsp3) is 0.900. The molecule has 0 aromatic heterocycles. The van der Waals surface area contributed by atoms with Crippen LogP contribution in [0.4, 0.5) is 0 Å². The van der Waals surface area contributed by atoms with Crippen molar-refractivity contribution < 1.29 is 0 Å². The van der Waals surface area contributed by atoms with Crippen LogP contribution >= 0.6 is 0 Å². The van der Waals surface area contributed by atoms with Crippen LogP contribution in [-0.4, -0.2) is 50.0 Å². The molecule has 0 radical (unpaired) electrons. The zero-order valence-electron chi connectivity index (χ0n) is 10.2. The summed E-state index contributed by atoms with van der Waals surface area (Å²) in [4.78, 5) is 2.21. The van der Waals surface area contributed by atoms with Gasteiger partial charge in [-0.25, -0.2) is 10.5 Å². The molecule has 84 valence electrons. The minimum absolute atomic E-state index is 0.987. The van der Waals surface area contributed by atoms with Gasteiger partial charge in [-0.2, -0.15) is 5.10 Å². The van der Waals surface area contributed by atoms with Crippen molar-refractivity contribution in [3.05, 3.63) is 0 Å². The van der Waals surface area contributed by atoms with Crippen LogP contribution in [0.15, 0.2) is 5.10 Å². The SMILES string of the molecule is CC(C)=NN(C)NCCCCN(C)C. The maximum absolute atomic E-state index is 4.24. The Balaban J connectivity index is 3.32. The molecule has 0 saturated heterocycles. The smallest absolute Gasteiger partial charge is 0.0421 e. The van der Waals surface area contributed by atoms with Crippen LogP contribution in [0.5, 0.6) is 0 Å². The van der Waals surface area contributed by atoms with Gasteiger partial charge in [0.2, 0.25) is 0 Å². The molecular formula is C10H24N4. The predicted octanol–water partition coefficient (Wildman–Crippen LogP) is 1.16. The third kappa shape index (κ3) is 9.48. The molecule has 14 heavy (non-hydrogen) atoms. The van der Waals surface area contributed by atoms with E-state index in [9.17, 15) is 0 Å². The highest BCUT2D eigenvalue weighted by atomic mass is 15.7. The summed E-state index contributed by atoms with van der Waals surface area (Å²) in [6.07, 6.45) is 2.41. The summed E-state index contributed by atoms with van der Waals surface area (Å²) < 4.78 is 0. The van der Waals surface area contributed by atoms with Crippen molar-refractivity contribution in [2.24, 2.45) is 5.10 Å². The van der Waals surface area contributed by atoms with Crippen molar-refractivity contribution in [2.45, 2.75) is 26.7 Å². The van der Waals surface area contributed by atoms with Crippen molar-refractivity contribution in [3.63, 3.8) is 0 Å². The Hall–Kier alpha value is -0.610. The van der Waals surface area contributed by atoms with Gasteiger partial charge in [0.15, 0.2) is 0 Å². The molecule has 0 atom stereocenters. The van der Waals surface area contributed by atoms with Crippen LogP contribution in [0.3, 0.4) is 0 Å². The van der Waals surface area contributed by atoms with E-state index in [4.69, 9.17) is 0 Å². The summed E-state index contributed by atoms with van der Waals surface area (Å²) in [6.45, 7) is 6.12. The van der Waals surface area contributed by atoms with Crippen LogP contribution in [0.25, 0.3) is 0 Å². The highest BCUT2D eigenvalue weighted by Crippen LogP contribution is 1.89. The standard InChI is InChI=1S/C10H24N4/c1-10(2)12-14(5)11-8-6-7-9-13(3)4/h11H,6-9H2,1-5H3. The van der Waals surface area contributed by atoms with Gasteiger partial charge in [0.05, 0.1) is 0 Å². The van der Waals surface area contributed by atoms with Gasteiger partial charge >= 0.3 is 0 Å². The Kier molecular flexibility index (Phi) is 7.42. The second-order valence-corrected chi connectivity index (χ2v) is 3.99. The molecule has 0 saturated carbocycles. The van der Waals surface area contributed by atoms with Crippen molar-refractivity contribution in [3.8, 4) is 0 Å². The molecule has 4 nitrogen and oxygen atoms in total. The number of nitrogens with one attached hydrogen (secondary N) is 1. The number of nitrogens with zero attached hydrogens (tertiary/aromatic N) is 3. The van der Waals surface area contributed by atoms with Crippen LogP contribution in [0, 0.1) is 0 Å². The maximum Gasteiger partial charge on any atom is 0.0421 e. The van der Waals surface area contributed by atoms with Gasteiger partial charge in [0.25, 0.3) is 0 Å². The fourth-order valence-corrected chi connectivity index (χ4v) is 1.13. The molecule has 0 aliphatic heterocycles. The molecule has 0 spiro atoms. The molecule has 0 heterocycles. The molecule has 0 fully saturated rings. The first-order valence-corrected chi connectivity index (χ1v) is 5.16.